The number of hydrogen-bond acceptors (Lipinski definition) is 4. The number of nitrogens with zero attached hydrogens (tertiary/aromatic N) is 2. The van der Waals surface area contributed by atoms with E-state index >= 15 is 0 Å². The Kier molecular flexibility index (Phi) is 3.87. The van der Waals surface area contributed by atoms with Crippen LogP contribution in [-0.2, 0) is 12.8 Å². The van der Waals surface area contributed by atoms with Crippen molar-refractivity contribution in [1.82, 2.24) is 10.1 Å². The number of aromatic nitrogens is 2. The van der Waals surface area contributed by atoms with Crippen LogP contribution in [0, 0.1) is 5.92 Å². The minimum absolute atomic E-state index is 0.00431. The summed E-state index contributed by atoms with van der Waals surface area (Å²) in [5.41, 5.74) is 0.668. The molecular weight excluding hydrogens is 228 g/mol. The molecule has 1 aromatic heterocycles. The number of benzene rings is 1. The summed E-state index contributed by atoms with van der Waals surface area (Å²) in [6, 6.07) is 9.13. The first-order chi connectivity index (χ1) is 8.65. The Hall–Kier alpha value is -1.97. The number of Topliss-reactive ketones (excluding diaryl/α,β-unsaturated/α-hetero) is 1. The summed E-state index contributed by atoms with van der Waals surface area (Å²) in [4.78, 5) is 16.1. The van der Waals surface area contributed by atoms with Crippen LogP contribution in [0.3, 0.4) is 0 Å². The van der Waals surface area contributed by atoms with Gasteiger partial charge < -0.3 is 4.52 Å². The minimum atomic E-state index is -0.00431. The Morgan fingerprint density at radius 1 is 1.28 bits per heavy atom. The summed E-state index contributed by atoms with van der Waals surface area (Å²) < 4.78 is 5.08. The van der Waals surface area contributed by atoms with Crippen LogP contribution >= 0.6 is 0 Å². The van der Waals surface area contributed by atoms with Crippen molar-refractivity contribution in [3.05, 3.63) is 47.6 Å². The van der Waals surface area contributed by atoms with Crippen molar-refractivity contribution in [2.75, 3.05) is 0 Å². The number of carbonyl (C=O) groups is 1. The van der Waals surface area contributed by atoms with Crippen molar-refractivity contribution >= 4 is 5.78 Å². The van der Waals surface area contributed by atoms with Gasteiger partial charge in [0.2, 0.25) is 5.89 Å². The Morgan fingerprint density at radius 3 is 2.67 bits per heavy atom. The molecular formula is C14H16N2O2. The number of ketones is 1. The van der Waals surface area contributed by atoms with Gasteiger partial charge in [0.1, 0.15) is 0 Å². The highest BCUT2D eigenvalue weighted by Crippen LogP contribution is 2.08. The van der Waals surface area contributed by atoms with Crippen LogP contribution in [0.2, 0.25) is 0 Å². The fourth-order valence-electron chi connectivity index (χ4n) is 1.67. The number of carbonyl (C=O) groups excluding carboxylic acids is 1. The van der Waals surface area contributed by atoms with Gasteiger partial charge in [-0.25, -0.2) is 0 Å². The third kappa shape index (κ3) is 3.26. The molecule has 0 unspecified atom stereocenters. The van der Waals surface area contributed by atoms with Crippen molar-refractivity contribution in [2.24, 2.45) is 5.92 Å². The lowest BCUT2D eigenvalue weighted by atomic mass is 10.1. The fourth-order valence-corrected chi connectivity index (χ4v) is 1.67. The zero-order chi connectivity index (χ0) is 13.0. The van der Waals surface area contributed by atoms with Gasteiger partial charge in [0, 0.05) is 12.0 Å². The van der Waals surface area contributed by atoms with Crippen molar-refractivity contribution in [2.45, 2.75) is 26.7 Å². The largest absolute Gasteiger partial charge is 0.339 e. The van der Waals surface area contributed by atoms with Gasteiger partial charge >= 0.3 is 0 Å². The second-order valence-electron chi connectivity index (χ2n) is 4.67. The second kappa shape index (κ2) is 5.58. The second-order valence-corrected chi connectivity index (χ2v) is 4.67. The van der Waals surface area contributed by atoms with Gasteiger partial charge in [0.05, 0.1) is 6.42 Å². The molecule has 0 spiro atoms. The molecule has 0 saturated heterocycles. The lowest BCUT2D eigenvalue weighted by molar-refractivity contribution is 0.0983. The summed E-state index contributed by atoms with van der Waals surface area (Å²) >= 11 is 0. The minimum Gasteiger partial charge on any atom is -0.339 e. The molecule has 1 heterocycles. The summed E-state index contributed by atoms with van der Waals surface area (Å²) in [6.45, 7) is 4.18. The fraction of sp³-hybridized carbons (Fsp3) is 0.357. The predicted molar refractivity (Wildman–Crippen MR) is 67.3 cm³/mol. The lowest BCUT2D eigenvalue weighted by Crippen LogP contribution is -2.04. The molecule has 0 fully saturated rings. The standard InChI is InChI=1S/C14H16N2O2/c1-10(2)8-13-15-14(18-16-13)9-12(17)11-6-4-3-5-7-11/h3-7,10H,8-9H2,1-2H3. The normalized spacial score (nSPS) is 10.8. The highest BCUT2D eigenvalue weighted by Gasteiger charge is 2.13. The van der Waals surface area contributed by atoms with E-state index in [0.717, 1.165) is 6.42 Å². The van der Waals surface area contributed by atoms with Crippen LogP contribution in [0.15, 0.2) is 34.9 Å². The molecule has 94 valence electrons. The molecule has 0 saturated carbocycles. The summed E-state index contributed by atoms with van der Waals surface area (Å²) in [5.74, 6) is 1.52. The van der Waals surface area contributed by atoms with E-state index in [1.165, 1.54) is 0 Å². The average molecular weight is 244 g/mol. The third-order valence-corrected chi connectivity index (χ3v) is 2.51. The zero-order valence-electron chi connectivity index (χ0n) is 10.6. The zero-order valence-corrected chi connectivity index (χ0v) is 10.6. The van der Waals surface area contributed by atoms with Crippen LogP contribution in [-0.4, -0.2) is 15.9 Å². The Balaban J connectivity index is 2.01. The van der Waals surface area contributed by atoms with Crippen LogP contribution in [0.5, 0.6) is 0 Å². The maximum Gasteiger partial charge on any atom is 0.234 e. The van der Waals surface area contributed by atoms with E-state index < -0.39 is 0 Å². The summed E-state index contributed by atoms with van der Waals surface area (Å²) in [6.07, 6.45) is 0.929. The summed E-state index contributed by atoms with van der Waals surface area (Å²) in [7, 11) is 0. The first-order valence-corrected chi connectivity index (χ1v) is 6.05. The quantitative estimate of drug-likeness (QED) is 0.759. The van der Waals surface area contributed by atoms with E-state index in [1.807, 2.05) is 18.2 Å². The van der Waals surface area contributed by atoms with E-state index in [0.29, 0.717) is 23.2 Å². The molecule has 0 aliphatic carbocycles. The Bertz CT molecular complexity index is 518. The van der Waals surface area contributed by atoms with Gasteiger partial charge in [-0.1, -0.05) is 49.3 Å². The maximum absolute atomic E-state index is 11.9. The molecule has 0 radical (unpaired) electrons. The molecule has 18 heavy (non-hydrogen) atoms. The Labute approximate surface area is 106 Å². The number of hydrogen-bond donors (Lipinski definition) is 0. The molecule has 2 rings (SSSR count). The Morgan fingerprint density at radius 2 is 2.00 bits per heavy atom. The van der Waals surface area contributed by atoms with Crippen LogP contribution < -0.4 is 0 Å². The molecule has 0 bridgehead atoms. The molecule has 1 aromatic carbocycles. The molecule has 4 heteroatoms. The van der Waals surface area contributed by atoms with Gasteiger partial charge in [-0.15, -0.1) is 0 Å². The van der Waals surface area contributed by atoms with Gasteiger partial charge in [-0.05, 0) is 5.92 Å². The average Bonchev–Trinajstić information content (AvgIpc) is 2.76. The summed E-state index contributed by atoms with van der Waals surface area (Å²) in [5, 5.41) is 3.86. The predicted octanol–water partition coefficient (Wildman–Crippen LogP) is 2.69. The van der Waals surface area contributed by atoms with Gasteiger partial charge in [0.25, 0.3) is 0 Å². The van der Waals surface area contributed by atoms with Crippen LogP contribution in [0.25, 0.3) is 0 Å². The van der Waals surface area contributed by atoms with Crippen molar-refractivity contribution in [1.29, 1.82) is 0 Å². The smallest absolute Gasteiger partial charge is 0.234 e. The highest BCUT2D eigenvalue weighted by molar-refractivity contribution is 5.96. The highest BCUT2D eigenvalue weighted by atomic mass is 16.5. The molecule has 2 aromatic rings. The molecule has 0 N–H and O–H groups in total. The molecule has 0 aliphatic heterocycles. The van der Waals surface area contributed by atoms with E-state index in [9.17, 15) is 4.79 Å². The third-order valence-electron chi connectivity index (χ3n) is 2.51. The number of rotatable bonds is 5. The van der Waals surface area contributed by atoms with E-state index in [1.54, 1.807) is 12.1 Å². The van der Waals surface area contributed by atoms with E-state index in [-0.39, 0.29) is 12.2 Å². The maximum atomic E-state index is 11.9. The van der Waals surface area contributed by atoms with Gasteiger partial charge in [-0.3, -0.25) is 4.79 Å². The van der Waals surface area contributed by atoms with Crippen molar-refractivity contribution in [3.8, 4) is 0 Å². The van der Waals surface area contributed by atoms with Crippen molar-refractivity contribution < 1.29 is 9.32 Å². The SMILES string of the molecule is CC(C)Cc1noc(CC(=O)c2ccccc2)n1. The molecule has 0 atom stereocenters. The monoisotopic (exact) mass is 244 g/mol. The first-order valence-electron chi connectivity index (χ1n) is 6.05. The first kappa shape index (κ1) is 12.5. The van der Waals surface area contributed by atoms with Gasteiger partial charge in [0.15, 0.2) is 11.6 Å². The van der Waals surface area contributed by atoms with Crippen LogP contribution in [0.1, 0.15) is 35.9 Å². The lowest BCUT2D eigenvalue weighted by Gasteiger charge is -1.97. The molecule has 4 nitrogen and oxygen atoms in total. The topological polar surface area (TPSA) is 56.0 Å². The molecule has 0 amide bonds. The van der Waals surface area contributed by atoms with E-state index in [4.69, 9.17) is 4.52 Å². The van der Waals surface area contributed by atoms with Crippen LogP contribution in [0.4, 0.5) is 0 Å². The van der Waals surface area contributed by atoms with Crippen molar-refractivity contribution in [3.63, 3.8) is 0 Å². The van der Waals surface area contributed by atoms with E-state index in [2.05, 4.69) is 24.0 Å². The molecule has 0 aliphatic rings. The van der Waals surface area contributed by atoms with Gasteiger partial charge in [-0.2, -0.15) is 4.98 Å².